The molecule has 0 saturated carbocycles. The van der Waals surface area contributed by atoms with E-state index < -0.39 is 6.10 Å². The Balaban J connectivity index is 1.33. The molecule has 0 radical (unpaired) electrons. The van der Waals surface area contributed by atoms with Gasteiger partial charge < -0.3 is 14.4 Å². The molecule has 2 aromatic carbocycles. The van der Waals surface area contributed by atoms with Gasteiger partial charge in [-0.2, -0.15) is 0 Å². The van der Waals surface area contributed by atoms with Gasteiger partial charge in [-0.15, -0.1) is 0 Å². The normalized spacial score (nSPS) is 19.4. The van der Waals surface area contributed by atoms with Crippen molar-refractivity contribution >= 4 is 10.9 Å². The first kappa shape index (κ1) is 21.5. The molecule has 1 aliphatic heterocycles. The summed E-state index contributed by atoms with van der Waals surface area (Å²) in [5, 5.41) is 12.4. The molecule has 2 aliphatic rings. The number of aromatic nitrogens is 1. The van der Waals surface area contributed by atoms with Crippen LogP contribution in [0.25, 0.3) is 10.9 Å². The Morgan fingerprint density at radius 2 is 1.84 bits per heavy atom. The van der Waals surface area contributed by atoms with Gasteiger partial charge in [-0.05, 0) is 73.9 Å². The lowest BCUT2D eigenvalue weighted by Crippen LogP contribution is -2.44. The van der Waals surface area contributed by atoms with Crippen LogP contribution in [-0.2, 0) is 13.0 Å². The maximum atomic E-state index is 10.9. The number of rotatable bonds is 6. The molecule has 5 rings (SSSR count). The van der Waals surface area contributed by atoms with Crippen molar-refractivity contribution in [2.45, 2.75) is 71.6 Å². The van der Waals surface area contributed by atoms with Gasteiger partial charge in [0.2, 0.25) is 0 Å². The highest BCUT2D eigenvalue weighted by Crippen LogP contribution is 2.42. The van der Waals surface area contributed by atoms with E-state index in [1.807, 2.05) is 0 Å². The zero-order chi connectivity index (χ0) is 22.4. The van der Waals surface area contributed by atoms with Gasteiger partial charge in [-0.25, -0.2) is 0 Å². The molecular formula is C28H36N2O2. The highest BCUT2D eigenvalue weighted by atomic mass is 16.5. The molecule has 0 amide bonds. The number of β-amino-alcohol motifs (C(OH)–C–C–N with tert-alkyl or cyclic N) is 1. The Morgan fingerprint density at radius 3 is 2.66 bits per heavy atom. The summed E-state index contributed by atoms with van der Waals surface area (Å²) < 4.78 is 8.69. The molecule has 170 valence electrons. The third-order valence-corrected chi connectivity index (χ3v) is 7.31. The summed E-state index contributed by atoms with van der Waals surface area (Å²) in [4.78, 5) is 2.50. The minimum atomic E-state index is -0.501. The van der Waals surface area contributed by atoms with Crippen LogP contribution < -0.4 is 4.74 Å². The molecule has 0 saturated heterocycles. The van der Waals surface area contributed by atoms with Crippen molar-refractivity contribution in [1.82, 2.24) is 9.47 Å². The van der Waals surface area contributed by atoms with Crippen LogP contribution in [0, 0.1) is 13.8 Å². The molecule has 2 heterocycles. The molecule has 1 aromatic heterocycles. The van der Waals surface area contributed by atoms with Crippen LogP contribution in [0.15, 0.2) is 36.4 Å². The Labute approximate surface area is 191 Å². The molecule has 2 unspecified atom stereocenters. The monoisotopic (exact) mass is 432 g/mol. The molecule has 1 aliphatic carbocycles. The second-order valence-electron chi connectivity index (χ2n) is 10.1. The second-order valence-corrected chi connectivity index (χ2v) is 10.1. The van der Waals surface area contributed by atoms with Crippen molar-refractivity contribution in [3.8, 4) is 5.75 Å². The van der Waals surface area contributed by atoms with Crippen LogP contribution in [0.1, 0.15) is 66.6 Å². The number of aryl methyl sites for hydroxylation is 3. The van der Waals surface area contributed by atoms with Gasteiger partial charge in [0.15, 0.2) is 0 Å². The molecule has 3 aromatic rings. The van der Waals surface area contributed by atoms with Gasteiger partial charge in [0.1, 0.15) is 18.5 Å². The lowest BCUT2D eigenvalue weighted by Gasteiger charge is -2.40. The lowest BCUT2D eigenvalue weighted by molar-refractivity contribution is 0.0372. The Bertz CT molecular complexity index is 1130. The topological polar surface area (TPSA) is 37.6 Å². The van der Waals surface area contributed by atoms with E-state index in [1.54, 1.807) is 0 Å². The van der Waals surface area contributed by atoms with E-state index in [9.17, 15) is 5.11 Å². The van der Waals surface area contributed by atoms with Crippen LogP contribution in [0.3, 0.4) is 0 Å². The standard InChI is InChI=1S/C28H36N2O2/c1-18(2)22-10-8-20(4)15-27(22)32-17-21(31)16-29-12-13-30-25-11-9-19(3)14-24(25)23-6-5-7-26(29)28(23)30/h8-11,14-15,18,21,26,31H,5-7,12-13,16-17H2,1-4H3. The van der Waals surface area contributed by atoms with E-state index in [0.29, 0.717) is 25.1 Å². The number of benzene rings is 2. The van der Waals surface area contributed by atoms with E-state index in [0.717, 1.165) is 18.8 Å². The summed E-state index contributed by atoms with van der Waals surface area (Å²) in [6, 6.07) is 13.7. The van der Waals surface area contributed by atoms with E-state index in [4.69, 9.17) is 4.74 Å². The summed E-state index contributed by atoms with van der Waals surface area (Å²) >= 11 is 0. The molecule has 1 N–H and O–H groups in total. The molecule has 0 fully saturated rings. The van der Waals surface area contributed by atoms with Gasteiger partial charge >= 0.3 is 0 Å². The third-order valence-electron chi connectivity index (χ3n) is 7.31. The second kappa shape index (κ2) is 8.57. The summed E-state index contributed by atoms with van der Waals surface area (Å²) in [5.41, 5.74) is 8.15. The molecule has 4 nitrogen and oxygen atoms in total. The number of hydrogen-bond acceptors (Lipinski definition) is 3. The molecule has 0 spiro atoms. The van der Waals surface area contributed by atoms with Crippen molar-refractivity contribution in [1.29, 1.82) is 0 Å². The average molecular weight is 433 g/mol. The predicted octanol–water partition coefficient (Wildman–Crippen LogP) is 5.51. The molecule has 2 atom stereocenters. The molecule has 0 bridgehead atoms. The fourth-order valence-electron chi connectivity index (χ4n) is 5.76. The summed E-state index contributed by atoms with van der Waals surface area (Å²) in [6.07, 6.45) is 3.06. The Kier molecular flexibility index (Phi) is 5.77. The first-order valence-corrected chi connectivity index (χ1v) is 12.2. The molecule has 4 heteroatoms. The van der Waals surface area contributed by atoms with Gasteiger partial charge in [0.25, 0.3) is 0 Å². The van der Waals surface area contributed by atoms with Crippen molar-refractivity contribution < 1.29 is 9.84 Å². The Hall–Kier alpha value is -2.30. The summed E-state index contributed by atoms with van der Waals surface area (Å²) in [7, 11) is 0. The van der Waals surface area contributed by atoms with Gasteiger partial charge in [-0.3, -0.25) is 4.90 Å². The summed E-state index contributed by atoms with van der Waals surface area (Å²) in [5.74, 6) is 1.31. The zero-order valence-corrected chi connectivity index (χ0v) is 19.9. The highest BCUT2D eigenvalue weighted by Gasteiger charge is 2.35. The SMILES string of the molecule is Cc1ccc(C(C)C)c(OCC(O)CN2CCn3c4c(c5cc(C)ccc53)CCCC42)c1. The number of ether oxygens (including phenoxy) is 1. The first-order chi connectivity index (χ1) is 15.4. The van der Waals surface area contributed by atoms with E-state index in [-0.39, 0.29) is 0 Å². The lowest BCUT2D eigenvalue weighted by atomic mass is 9.89. The van der Waals surface area contributed by atoms with Crippen LogP contribution in [0.5, 0.6) is 5.75 Å². The van der Waals surface area contributed by atoms with Gasteiger partial charge in [0, 0.05) is 36.2 Å². The zero-order valence-electron chi connectivity index (χ0n) is 19.9. The van der Waals surface area contributed by atoms with Crippen LogP contribution in [0.4, 0.5) is 0 Å². The highest BCUT2D eigenvalue weighted by molar-refractivity contribution is 5.87. The summed E-state index contributed by atoms with van der Waals surface area (Å²) in [6.45, 7) is 11.6. The number of hydrogen-bond donors (Lipinski definition) is 1. The quantitative estimate of drug-likeness (QED) is 0.558. The minimum absolute atomic E-state index is 0.335. The minimum Gasteiger partial charge on any atom is -0.491 e. The average Bonchev–Trinajstić information content (AvgIpc) is 3.08. The largest absolute Gasteiger partial charge is 0.491 e. The smallest absolute Gasteiger partial charge is 0.123 e. The van der Waals surface area contributed by atoms with E-state index >= 15 is 0 Å². The fraction of sp³-hybridized carbons (Fsp3) is 0.500. The number of fused-ring (bicyclic) bond motifs is 3. The van der Waals surface area contributed by atoms with Crippen LogP contribution >= 0.6 is 0 Å². The first-order valence-electron chi connectivity index (χ1n) is 12.2. The van der Waals surface area contributed by atoms with E-state index in [2.05, 4.69) is 73.6 Å². The van der Waals surface area contributed by atoms with Crippen molar-refractivity contribution in [2.75, 3.05) is 19.7 Å². The number of nitrogens with zero attached hydrogens (tertiary/aromatic N) is 2. The maximum absolute atomic E-state index is 10.9. The van der Waals surface area contributed by atoms with E-state index in [1.165, 1.54) is 58.1 Å². The van der Waals surface area contributed by atoms with Crippen molar-refractivity contribution in [2.24, 2.45) is 0 Å². The van der Waals surface area contributed by atoms with Crippen LogP contribution in [-0.4, -0.2) is 40.4 Å². The number of aliphatic hydroxyl groups is 1. The van der Waals surface area contributed by atoms with Crippen molar-refractivity contribution in [3.63, 3.8) is 0 Å². The Morgan fingerprint density at radius 1 is 1.06 bits per heavy atom. The van der Waals surface area contributed by atoms with Gasteiger partial charge in [-0.1, -0.05) is 37.6 Å². The van der Waals surface area contributed by atoms with Crippen molar-refractivity contribution in [3.05, 3.63) is 64.3 Å². The molecular weight excluding hydrogens is 396 g/mol. The third kappa shape index (κ3) is 3.84. The van der Waals surface area contributed by atoms with Crippen LogP contribution in [0.2, 0.25) is 0 Å². The number of aliphatic hydroxyl groups excluding tert-OH is 1. The van der Waals surface area contributed by atoms with Gasteiger partial charge in [0.05, 0.1) is 6.04 Å². The fourth-order valence-corrected chi connectivity index (χ4v) is 5.76. The predicted molar refractivity (Wildman–Crippen MR) is 131 cm³/mol. The maximum Gasteiger partial charge on any atom is 0.123 e. The molecule has 32 heavy (non-hydrogen) atoms.